The van der Waals surface area contributed by atoms with Gasteiger partial charge in [0.2, 0.25) is 0 Å². The normalized spacial score (nSPS) is 44.5. The molecule has 0 aromatic rings. The molecule has 1 aliphatic heterocycles. The summed E-state index contributed by atoms with van der Waals surface area (Å²) in [5.74, 6) is -0.649. The molecule has 13 heavy (non-hydrogen) atoms. The lowest BCUT2D eigenvalue weighted by Crippen LogP contribution is -2.50. The number of hydrogen-bond donors (Lipinski definition) is 0. The van der Waals surface area contributed by atoms with Crippen LogP contribution < -0.4 is 0 Å². The summed E-state index contributed by atoms with van der Waals surface area (Å²) >= 11 is 0. The van der Waals surface area contributed by atoms with Gasteiger partial charge in [-0.05, 0) is 33.1 Å². The van der Waals surface area contributed by atoms with E-state index in [2.05, 4.69) is 0 Å². The van der Waals surface area contributed by atoms with Gasteiger partial charge in [-0.3, -0.25) is 9.59 Å². The fourth-order valence-electron chi connectivity index (χ4n) is 2.59. The number of hydrogen-bond acceptors (Lipinski definition) is 3. The summed E-state index contributed by atoms with van der Waals surface area (Å²) in [5.41, 5.74) is -0.804. The molecule has 0 spiro atoms. The van der Waals surface area contributed by atoms with E-state index in [0.29, 0.717) is 6.42 Å². The lowest BCUT2D eigenvalue weighted by Gasteiger charge is -2.45. The number of carbonyl (C=O) groups excluding carboxylic acids is 2. The molecule has 1 heterocycles. The van der Waals surface area contributed by atoms with Gasteiger partial charge in [0.15, 0.2) is 0 Å². The molecule has 2 atom stereocenters. The molecule has 1 aliphatic carbocycles. The van der Waals surface area contributed by atoms with Crippen molar-refractivity contribution in [1.29, 1.82) is 0 Å². The van der Waals surface area contributed by atoms with E-state index in [1.54, 1.807) is 0 Å². The second kappa shape index (κ2) is 2.34. The number of carbonyl (C=O) groups is 2. The smallest absolute Gasteiger partial charge is 0.319 e. The predicted octanol–water partition coefficient (Wildman–Crippen LogP) is 1.66. The fourth-order valence-corrected chi connectivity index (χ4v) is 2.59. The van der Waals surface area contributed by atoms with Crippen LogP contribution in [0.1, 0.15) is 39.5 Å². The molecule has 2 unspecified atom stereocenters. The highest BCUT2D eigenvalue weighted by Gasteiger charge is 2.54. The van der Waals surface area contributed by atoms with Crippen LogP contribution in [0.25, 0.3) is 0 Å². The van der Waals surface area contributed by atoms with Crippen LogP contribution in [0.15, 0.2) is 0 Å². The number of fused-ring (bicyclic) bond motifs is 2. The zero-order valence-electron chi connectivity index (χ0n) is 8.05. The Bertz CT molecular complexity index is 258. The van der Waals surface area contributed by atoms with Crippen molar-refractivity contribution < 1.29 is 14.3 Å². The molecule has 1 saturated heterocycles. The zero-order valence-corrected chi connectivity index (χ0v) is 8.05. The first kappa shape index (κ1) is 8.73. The number of cyclic esters (lactones) is 2. The van der Waals surface area contributed by atoms with Crippen molar-refractivity contribution in [3.63, 3.8) is 0 Å². The second-order valence-electron chi connectivity index (χ2n) is 4.83. The molecule has 2 rings (SSSR count). The van der Waals surface area contributed by atoms with E-state index in [1.807, 2.05) is 13.8 Å². The molecule has 0 aromatic heterocycles. The van der Waals surface area contributed by atoms with E-state index >= 15 is 0 Å². The van der Waals surface area contributed by atoms with Gasteiger partial charge in [0.25, 0.3) is 0 Å². The van der Waals surface area contributed by atoms with Crippen LogP contribution in [-0.4, -0.2) is 11.9 Å². The van der Waals surface area contributed by atoms with Crippen molar-refractivity contribution in [3.8, 4) is 0 Å². The van der Waals surface area contributed by atoms with Crippen molar-refractivity contribution in [2.75, 3.05) is 0 Å². The Morgan fingerprint density at radius 3 is 2.00 bits per heavy atom. The van der Waals surface area contributed by atoms with Crippen LogP contribution in [0.4, 0.5) is 0 Å². The van der Waals surface area contributed by atoms with Gasteiger partial charge in [-0.25, -0.2) is 0 Å². The average Bonchev–Trinajstić information content (AvgIpc) is 2.01. The molecule has 2 bridgehead atoms. The molecule has 2 aliphatic rings. The Morgan fingerprint density at radius 2 is 1.54 bits per heavy atom. The first-order valence-corrected chi connectivity index (χ1v) is 4.73. The number of rotatable bonds is 0. The summed E-state index contributed by atoms with van der Waals surface area (Å²) in [6.07, 6.45) is 3.33. The van der Waals surface area contributed by atoms with Gasteiger partial charge < -0.3 is 4.74 Å². The molecule has 72 valence electrons. The van der Waals surface area contributed by atoms with Gasteiger partial charge in [-0.2, -0.15) is 0 Å². The van der Waals surface area contributed by atoms with E-state index in [-0.39, 0.29) is 11.9 Å². The lowest BCUT2D eigenvalue weighted by atomic mass is 9.62. The molecule has 2 fully saturated rings. The molecule has 3 heteroatoms. The molecule has 0 aromatic carbocycles. The molecule has 0 N–H and O–H groups in total. The largest absolute Gasteiger partial charge is 0.392 e. The van der Waals surface area contributed by atoms with E-state index < -0.39 is 10.8 Å². The third kappa shape index (κ3) is 1.10. The Kier molecular flexibility index (Phi) is 1.57. The van der Waals surface area contributed by atoms with Crippen molar-refractivity contribution in [1.82, 2.24) is 0 Å². The van der Waals surface area contributed by atoms with E-state index in [9.17, 15) is 9.59 Å². The van der Waals surface area contributed by atoms with Crippen molar-refractivity contribution >= 4 is 11.9 Å². The van der Waals surface area contributed by atoms with Gasteiger partial charge in [0.05, 0.1) is 10.8 Å². The van der Waals surface area contributed by atoms with Gasteiger partial charge in [-0.1, -0.05) is 6.42 Å². The Hall–Kier alpha value is -0.860. The standard InChI is InChI=1S/C10H14O3/c1-9-4-3-5-10(2,6-9)8(12)13-7(9)11/h3-6H2,1-2H3. The molecular formula is C10H14O3. The summed E-state index contributed by atoms with van der Waals surface area (Å²) in [5, 5.41) is 0. The summed E-state index contributed by atoms with van der Waals surface area (Å²) in [6.45, 7) is 3.80. The second-order valence-corrected chi connectivity index (χ2v) is 4.83. The maximum Gasteiger partial charge on any atom is 0.319 e. The minimum atomic E-state index is -0.402. The highest BCUT2D eigenvalue weighted by molar-refractivity contribution is 5.95. The highest BCUT2D eigenvalue weighted by atomic mass is 16.6. The molecule has 1 saturated carbocycles. The number of esters is 2. The predicted molar refractivity (Wildman–Crippen MR) is 45.8 cm³/mol. The van der Waals surface area contributed by atoms with Crippen molar-refractivity contribution in [2.24, 2.45) is 10.8 Å². The zero-order chi connectivity index (χ0) is 9.69. The van der Waals surface area contributed by atoms with Gasteiger partial charge in [0, 0.05) is 0 Å². The van der Waals surface area contributed by atoms with Crippen LogP contribution in [0.5, 0.6) is 0 Å². The minimum absolute atomic E-state index is 0.324. The van der Waals surface area contributed by atoms with E-state index in [0.717, 1.165) is 19.3 Å². The Morgan fingerprint density at radius 1 is 1.08 bits per heavy atom. The van der Waals surface area contributed by atoms with E-state index in [1.165, 1.54) is 0 Å². The van der Waals surface area contributed by atoms with Crippen molar-refractivity contribution in [2.45, 2.75) is 39.5 Å². The van der Waals surface area contributed by atoms with Crippen LogP contribution in [-0.2, 0) is 14.3 Å². The number of ether oxygens (including phenoxy) is 1. The molecule has 0 amide bonds. The average molecular weight is 182 g/mol. The Labute approximate surface area is 77.4 Å². The monoisotopic (exact) mass is 182 g/mol. The van der Waals surface area contributed by atoms with Crippen molar-refractivity contribution in [3.05, 3.63) is 0 Å². The molecule has 0 radical (unpaired) electrons. The minimum Gasteiger partial charge on any atom is -0.392 e. The van der Waals surface area contributed by atoms with Crippen LogP contribution in [0.3, 0.4) is 0 Å². The summed E-state index contributed by atoms with van der Waals surface area (Å²) in [4.78, 5) is 22.9. The van der Waals surface area contributed by atoms with E-state index in [4.69, 9.17) is 4.74 Å². The summed E-state index contributed by atoms with van der Waals surface area (Å²) < 4.78 is 4.78. The summed E-state index contributed by atoms with van der Waals surface area (Å²) in [7, 11) is 0. The highest BCUT2D eigenvalue weighted by Crippen LogP contribution is 2.50. The lowest BCUT2D eigenvalue weighted by molar-refractivity contribution is -0.189. The maximum absolute atomic E-state index is 11.4. The third-order valence-electron chi connectivity index (χ3n) is 3.41. The van der Waals surface area contributed by atoms with Gasteiger partial charge in [-0.15, -0.1) is 0 Å². The van der Waals surface area contributed by atoms with Crippen LogP contribution in [0, 0.1) is 10.8 Å². The molecule has 3 nitrogen and oxygen atoms in total. The SMILES string of the molecule is CC12CCCC(C)(C1)C(=O)OC2=O. The third-order valence-corrected chi connectivity index (χ3v) is 3.41. The fraction of sp³-hybridized carbons (Fsp3) is 0.800. The topological polar surface area (TPSA) is 43.4 Å². The Balaban J connectivity index is 2.36. The maximum atomic E-state index is 11.4. The van der Waals surface area contributed by atoms with Gasteiger partial charge in [0.1, 0.15) is 0 Å². The van der Waals surface area contributed by atoms with Gasteiger partial charge >= 0.3 is 11.9 Å². The molecular weight excluding hydrogens is 168 g/mol. The first-order valence-electron chi connectivity index (χ1n) is 4.73. The quantitative estimate of drug-likeness (QED) is 0.422. The summed E-state index contributed by atoms with van der Waals surface area (Å²) in [6, 6.07) is 0. The van der Waals surface area contributed by atoms with Crippen LogP contribution in [0.2, 0.25) is 0 Å². The van der Waals surface area contributed by atoms with Crippen LogP contribution >= 0.6 is 0 Å². The first-order chi connectivity index (χ1) is 5.96.